The number of aliphatic imine (C=N–C) groups is 1. The molecule has 1 aliphatic rings. The van der Waals surface area contributed by atoms with E-state index in [0.29, 0.717) is 30.5 Å². The first-order valence-electron chi connectivity index (χ1n) is 9.33. The zero-order chi connectivity index (χ0) is 20.9. The highest BCUT2D eigenvalue weighted by Gasteiger charge is 2.25. The molecule has 1 aliphatic heterocycles. The molecule has 0 aliphatic carbocycles. The van der Waals surface area contributed by atoms with Crippen molar-refractivity contribution in [3.8, 4) is 11.5 Å². The lowest BCUT2D eigenvalue weighted by atomic mass is 10.1. The normalized spacial score (nSPS) is 14.5. The Bertz CT molecular complexity index is 1120. The number of carbonyl (C=O) groups is 1. The second-order valence-electron chi connectivity index (χ2n) is 6.37. The summed E-state index contributed by atoms with van der Waals surface area (Å²) in [5.41, 5.74) is 1.96. The number of carbonyl (C=O) groups excluding carboxylic acids is 1. The summed E-state index contributed by atoms with van der Waals surface area (Å²) in [6.45, 7) is 2.79. The minimum atomic E-state index is -0.533. The van der Waals surface area contributed by atoms with Crippen LogP contribution >= 0.6 is 15.9 Å². The molecule has 0 saturated heterocycles. The largest absolute Gasteiger partial charge is 0.490 e. The van der Waals surface area contributed by atoms with Crippen molar-refractivity contribution in [3.63, 3.8) is 0 Å². The fraction of sp³-hybridized carbons (Fsp3) is 0.130. The van der Waals surface area contributed by atoms with Crippen molar-refractivity contribution in [3.05, 3.63) is 87.9 Å². The third kappa shape index (κ3) is 4.63. The number of hydrogen-bond acceptors (Lipinski definition) is 6. The number of hydrogen-bond donors (Lipinski definition) is 0. The number of nitrogens with zero attached hydrogens (tertiary/aromatic N) is 1. The Morgan fingerprint density at radius 2 is 1.97 bits per heavy atom. The van der Waals surface area contributed by atoms with E-state index in [-0.39, 0.29) is 11.6 Å². The van der Waals surface area contributed by atoms with Gasteiger partial charge in [-0.1, -0.05) is 34.1 Å². The van der Waals surface area contributed by atoms with Crippen LogP contribution in [0.5, 0.6) is 11.5 Å². The summed E-state index contributed by atoms with van der Waals surface area (Å²) in [5, 5.41) is 0. The van der Waals surface area contributed by atoms with Gasteiger partial charge in [0, 0.05) is 4.47 Å². The van der Waals surface area contributed by atoms with Gasteiger partial charge in [0.05, 0.1) is 12.9 Å². The quantitative estimate of drug-likeness (QED) is 0.345. The van der Waals surface area contributed by atoms with Crippen LogP contribution in [0.1, 0.15) is 23.8 Å². The number of benzene rings is 2. The van der Waals surface area contributed by atoms with E-state index in [0.717, 1.165) is 15.6 Å². The van der Waals surface area contributed by atoms with Crippen molar-refractivity contribution in [1.29, 1.82) is 0 Å². The Balaban J connectivity index is 1.55. The van der Waals surface area contributed by atoms with Crippen LogP contribution in [0.2, 0.25) is 0 Å². The maximum Gasteiger partial charge on any atom is 0.363 e. The molecule has 0 bridgehead atoms. The molecule has 0 unspecified atom stereocenters. The van der Waals surface area contributed by atoms with Crippen LogP contribution < -0.4 is 9.47 Å². The third-order valence-electron chi connectivity index (χ3n) is 4.21. The highest BCUT2D eigenvalue weighted by atomic mass is 79.9. The summed E-state index contributed by atoms with van der Waals surface area (Å²) in [7, 11) is 0. The molecule has 0 fully saturated rings. The van der Waals surface area contributed by atoms with Crippen molar-refractivity contribution in [1.82, 2.24) is 0 Å². The lowest BCUT2D eigenvalue weighted by molar-refractivity contribution is -0.130. The van der Waals surface area contributed by atoms with Crippen LogP contribution in [0, 0.1) is 0 Å². The van der Waals surface area contributed by atoms with Crippen molar-refractivity contribution < 1.29 is 23.4 Å². The smallest absolute Gasteiger partial charge is 0.363 e. The molecule has 0 N–H and O–H groups in total. The maximum atomic E-state index is 12.1. The van der Waals surface area contributed by atoms with Crippen molar-refractivity contribution >= 4 is 33.9 Å². The molecular weight excluding hydrogens is 450 g/mol. The Morgan fingerprint density at radius 1 is 1.07 bits per heavy atom. The highest BCUT2D eigenvalue weighted by Crippen LogP contribution is 2.31. The Hall–Kier alpha value is -3.32. The van der Waals surface area contributed by atoms with Crippen molar-refractivity contribution in [2.75, 3.05) is 6.61 Å². The molecule has 6 nitrogen and oxygen atoms in total. The lowest BCUT2D eigenvalue weighted by Gasteiger charge is -2.13. The first-order valence-corrected chi connectivity index (χ1v) is 10.1. The number of halogens is 1. The first kappa shape index (κ1) is 20.0. The number of rotatable bonds is 7. The standard InChI is InChI=1S/C23H18BrNO5/c1-2-27-21-13-15(8-9-19(21)29-14-16-5-3-6-17(24)11-16)12-18-23(26)30-22(25-18)20-7-4-10-28-20/h3-13H,2,14H2,1H3/b18-12-. The van der Waals surface area contributed by atoms with E-state index in [2.05, 4.69) is 20.9 Å². The molecule has 0 spiro atoms. The van der Waals surface area contributed by atoms with Gasteiger partial charge in [0.1, 0.15) is 6.61 Å². The number of furan rings is 1. The molecule has 0 atom stereocenters. The Kier molecular flexibility index (Phi) is 5.99. The summed E-state index contributed by atoms with van der Waals surface area (Å²) in [6, 6.07) is 16.7. The molecule has 3 aromatic rings. The minimum absolute atomic E-state index is 0.148. The molecule has 4 rings (SSSR count). The lowest BCUT2D eigenvalue weighted by Crippen LogP contribution is -2.04. The van der Waals surface area contributed by atoms with Gasteiger partial charge in [-0.2, -0.15) is 0 Å². The van der Waals surface area contributed by atoms with Gasteiger partial charge in [0.15, 0.2) is 23.0 Å². The average molecular weight is 468 g/mol. The highest BCUT2D eigenvalue weighted by molar-refractivity contribution is 9.10. The van der Waals surface area contributed by atoms with Gasteiger partial charge < -0.3 is 18.6 Å². The molecule has 0 saturated carbocycles. The number of esters is 1. The predicted octanol–water partition coefficient (Wildman–Crippen LogP) is 5.36. The molecule has 30 heavy (non-hydrogen) atoms. The van der Waals surface area contributed by atoms with E-state index in [1.165, 1.54) is 6.26 Å². The molecule has 0 radical (unpaired) electrons. The van der Waals surface area contributed by atoms with E-state index < -0.39 is 5.97 Å². The van der Waals surface area contributed by atoms with Crippen LogP contribution in [0.15, 0.2) is 80.4 Å². The molecule has 2 heterocycles. The van der Waals surface area contributed by atoms with Gasteiger partial charge in [0.2, 0.25) is 0 Å². The number of cyclic esters (lactones) is 1. The second kappa shape index (κ2) is 9.00. The van der Waals surface area contributed by atoms with Crippen molar-refractivity contribution in [2.45, 2.75) is 13.5 Å². The first-order chi connectivity index (χ1) is 14.6. The zero-order valence-corrected chi connectivity index (χ0v) is 17.7. The third-order valence-corrected chi connectivity index (χ3v) is 4.70. The molecule has 0 amide bonds. The molecule has 2 aromatic carbocycles. The van der Waals surface area contributed by atoms with Gasteiger partial charge >= 0.3 is 5.97 Å². The average Bonchev–Trinajstić information content (AvgIpc) is 3.38. The summed E-state index contributed by atoms with van der Waals surface area (Å²) in [4.78, 5) is 16.4. The van der Waals surface area contributed by atoms with Crippen LogP contribution in [0.3, 0.4) is 0 Å². The monoisotopic (exact) mass is 467 g/mol. The SMILES string of the molecule is CCOc1cc(/C=C2\N=C(c3ccco3)OC2=O)ccc1OCc1cccc(Br)c1. The number of ether oxygens (including phenoxy) is 3. The minimum Gasteiger partial charge on any atom is -0.490 e. The fourth-order valence-electron chi connectivity index (χ4n) is 2.86. The summed E-state index contributed by atoms with van der Waals surface area (Å²) in [5.74, 6) is 1.22. The van der Waals surface area contributed by atoms with Crippen LogP contribution in [-0.2, 0) is 16.1 Å². The van der Waals surface area contributed by atoms with Crippen LogP contribution in [0.4, 0.5) is 0 Å². The molecule has 152 valence electrons. The van der Waals surface area contributed by atoms with E-state index in [1.54, 1.807) is 24.3 Å². The summed E-state index contributed by atoms with van der Waals surface area (Å²) >= 11 is 3.46. The van der Waals surface area contributed by atoms with Gasteiger partial charge in [-0.15, -0.1) is 0 Å². The Morgan fingerprint density at radius 3 is 2.73 bits per heavy atom. The van der Waals surface area contributed by atoms with Crippen LogP contribution in [0.25, 0.3) is 6.08 Å². The van der Waals surface area contributed by atoms with Crippen molar-refractivity contribution in [2.24, 2.45) is 4.99 Å². The van der Waals surface area contributed by atoms with Gasteiger partial charge in [-0.25, -0.2) is 9.79 Å². The van der Waals surface area contributed by atoms with Gasteiger partial charge in [-0.05, 0) is 60.5 Å². The van der Waals surface area contributed by atoms with E-state index in [9.17, 15) is 4.79 Å². The van der Waals surface area contributed by atoms with Gasteiger partial charge in [-0.3, -0.25) is 0 Å². The predicted molar refractivity (Wildman–Crippen MR) is 115 cm³/mol. The maximum absolute atomic E-state index is 12.1. The summed E-state index contributed by atoms with van der Waals surface area (Å²) < 4.78 is 23.1. The molecule has 1 aromatic heterocycles. The fourth-order valence-corrected chi connectivity index (χ4v) is 3.31. The Labute approximate surface area is 181 Å². The summed E-state index contributed by atoms with van der Waals surface area (Å²) in [6.07, 6.45) is 3.13. The van der Waals surface area contributed by atoms with E-state index in [1.807, 2.05) is 43.3 Å². The van der Waals surface area contributed by atoms with Crippen LogP contribution in [-0.4, -0.2) is 18.5 Å². The molecule has 7 heteroatoms. The van der Waals surface area contributed by atoms with E-state index in [4.69, 9.17) is 18.6 Å². The van der Waals surface area contributed by atoms with Gasteiger partial charge in [0.25, 0.3) is 5.90 Å². The topological polar surface area (TPSA) is 70.3 Å². The molecular formula is C23H18BrNO5. The second-order valence-corrected chi connectivity index (χ2v) is 7.29. The van der Waals surface area contributed by atoms with E-state index >= 15 is 0 Å². The zero-order valence-electron chi connectivity index (χ0n) is 16.1.